The van der Waals surface area contributed by atoms with E-state index in [0.29, 0.717) is 0 Å². The van der Waals surface area contributed by atoms with E-state index in [1.54, 1.807) is 109 Å². The predicted octanol–water partition coefficient (Wildman–Crippen LogP) is 5.29. The molecule has 1 aliphatic rings. The van der Waals surface area contributed by atoms with Crippen LogP contribution in [0.3, 0.4) is 0 Å². The molecule has 10 heteroatoms. The summed E-state index contributed by atoms with van der Waals surface area (Å²) in [6.07, 6.45) is -1.42. The van der Waals surface area contributed by atoms with Gasteiger partial charge in [0.2, 0.25) is 0 Å². The normalized spacial score (nSPS) is 20.0. The fraction of sp³-hybridized carbons (Fsp3) is 0.211. The Morgan fingerprint density at radius 1 is 0.562 bits per heavy atom. The van der Waals surface area contributed by atoms with Gasteiger partial charge in [0, 0.05) is 6.42 Å². The highest BCUT2D eigenvalue weighted by molar-refractivity contribution is 5.91. The molecule has 10 nitrogen and oxygen atoms in total. The Labute approximate surface area is 277 Å². The Balaban J connectivity index is 1.53. The average Bonchev–Trinajstić information content (AvgIpc) is 3.14. The first-order valence-electron chi connectivity index (χ1n) is 15.2. The smallest absolute Gasteiger partial charge is 0.338 e. The number of carbonyl (C=O) groups is 4. The zero-order valence-electron chi connectivity index (χ0n) is 25.7. The molecule has 0 spiro atoms. The van der Waals surface area contributed by atoms with E-state index in [9.17, 15) is 19.2 Å². The van der Waals surface area contributed by atoms with Crippen molar-refractivity contribution >= 4 is 23.9 Å². The van der Waals surface area contributed by atoms with E-state index in [4.69, 9.17) is 34.8 Å². The van der Waals surface area contributed by atoms with Gasteiger partial charge < -0.3 is 28.4 Å². The number of rotatable bonds is 12. The molecule has 0 saturated carbocycles. The van der Waals surface area contributed by atoms with Crippen LogP contribution in [0, 0.1) is 12.3 Å². The molecule has 1 heterocycles. The number of benzene rings is 4. The summed E-state index contributed by atoms with van der Waals surface area (Å²) >= 11 is 0. The first-order valence-corrected chi connectivity index (χ1v) is 15.2. The van der Waals surface area contributed by atoms with Crippen LogP contribution in [0.15, 0.2) is 121 Å². The third-order valence-electron chi connectivity index (χ3n) is 7.27. The van der Waals surface area contributed by atoms with Crippen LogP contribution in [0.4, 0.5) is 0 Å². The Kier molecular flexibility index (Phi) is 11.7. The van der Waals surface area contributed by atoms with Gasteiger partial charge in [-0.2, -0.15) is 0 Å². The molecule has 0 aliphatic carbocycles. The van der Waals surface area contributed by atoms with E-state index in [0.717, 1.165) is 0 Å². The zero-order chi connectivity index (χ0) is 33.7. The number of esters is 4. The third kappa shape index (κ3) is 8.73. The van der Waals surface area contributed by atoms with Crippen molar-refractivity contribution in [2.24, 2.45) is 0 Å². The second-order valence-corrected chi connectivity index (χ2v) is 10.5. The summed E-state index contributed by atoms with van der Waals surface area (Å²) in [4.78, 5) is 53.4. The number of carbonyl (C=O) groups excluding carboxylic acids is 4. The fourth-order valence-corrected chi connectivity index (χ4v) is 4.90. The van der Waals surface area contributed by atoms with E-state index in [1.165, 1.54) is 12.1 Å². The lowest BCUT2D eigenvalue weighted by Crippen LogP contribution is -2.63. The van der Waals surface area contributed by atoms with Gasteiger partial charge in [0.05, 0.1) is 28.9 Å². The highest BCUT2D eigenvalue weighted by atomic mass is 16.7. The highest BCUT2D eigenvalue weighted by Gasteiger charge is 2.53. The molecule has 5 rings (SSSR count). The largest absolute Gasteiger partial charge is 0.459 e. The highest BCUT2D eigenvalue weighted by Crippen LogP contribution is 2.32. The summed E-state index contributed by atoms with van der Waals surface area (Å²) < 4.78 is 35.6. The molecule has 1 fully saturated rings. The van der Waals surface area contributed by atoms with E-state index in [1.807, 2.05) is 0 Å². The molecular formula is C38H32O10. The van der Waals surface area contributed by atoms with Gasteiger partial charge in [0.15, 0.2) is 24.6 Å². The third-order valence-corrected chi connectivity index (χ3v) is 7.27. The van der Waals surface area contributed by atoms with Crippen molar-refractivity contribution in [2.75, 3.05) is 13.2 Å². The molecule has 48 heavy (non-hydrogen) atoms. The molecule has 3 unspecified atom stereocenters. The van der Waals surface area contributed by atoms with Crippen molar-refractivity contribution in [3.8, 4) is 12.3 Å². The summed E-state index contributed by atoms with van der Waals surface area (Å²) in [6.45, 7) is -0.473. The van der Waals surface area contributed by atoms with Crippen LogP contribution in [0.1, 0.15) is 47.9 Å². The number of terminal acetylenes is 1. The van der Waals surface area contributed by atoms with Gasteiger partial charge in [-0.05, 0) is 48.5 Å². The first kappa shape index (κ1) is 33.6. The van der Waals surface area contributed by atoms with Gasteiger partial charge in [-0.3, -0.25) is 0 Å². The molecule has 0 radical (unpaired) electrons. The maximum Gasteiger partial charge on any atom is 0.338 e. The molecule has 0 amide bonds. The summed E-state index contributed by atoms with van der Waals surface area (Å²) in [6, 6.07) is 32.6. The maximum absolute atomic E-state index is 13.5. The molecule has 1 aliphatic heterocycles. The second kappa shape index (κ2) is 16.7. The monoisotopic (exact) mass is 648 g/mol. The fourth-order valence-electron chi connectivity index (χ4n) is 4.90. The van der Waals surface area contributed by atoms with Gasteiger partial charge in [-0.15, -0.1) is 12.3 Å². The van der Waals surface area contributed by atoms with Gasteiger partial charge in [0.1, 0.15) is 12.7 Å². The number of ether oxygens (including phenoxy) is 6. The molecule has 0 bridgehead atoms. The van der Waals surface area contributed by atoms with Gasteiger partial charge in [0.25, 0.3) is 0 Å². The lowest BCUT2D eigenvalue weighted by atomic mass is 9.97. The van der Waals surface area contributed by atoms with E-state index in [2.05, 4.69) is 5.92 Å². The van der Waals surface area contributed by atoms with Crippen LogP contribution >= 0.6 is 0 Å². The zero-order valence-corrected chi connectivity index (χ0v) is 25.7. The van der Waals surface area contributed by atoms with Crippen molar-refractivity contribution in [3.63, 3.8) is 0 Å². The standard InChI is InChI=1S/C38H32O10/c1-2-3-24-43-38-33(48-37(42)29-22-14-7-15-23-29)32(47-36(41)28-20-12-6-13-21-28)31(46-35(40)27-18-10-5-11-19-27)30(45-38)25-44-34(39)26-16-8-4-9-17-26/h1,4-23,30-33,38H,3,24-25H2/t30?,31-,32?,33?,38+/m0/s1. The predicted molar refractivity (Wildman–Crippen MR) is 172 cm³/mol. The van der Waals surface area contributed by atoms with E-state index >= 15 is 0 Å². The second-order valence-electron chi connectivity index (χ2n) is 10.5. The molecule has 5 atom stereocenters. The maximum atomic E-state index is 13.5. The van der Waals surface area contributed by atoms with Crippen LogP contribution in [-0.4, -0.2) is 67.8 Å². The lowest BCUT2D eigenvalue weighted by molar-refractivity contribution is -0.298. The Hall–Kier alpha value is -5.76. The van der Waals surface area contributed by atoms with E-state index in [-0.39, 0.29) is 35.3 Å². The summed E-state index contributed by atoms with van der Waals surface area (Å²) in [7, 11) is 0. The van der Waals surface area contributed by atoms with Crippen molar-refractivity contribution in [2.45, 2.75) is 37.1 Å². The van der Waals surface area contributed by atoms with Gasteiger partial charge in [-0.1, -0.05) is 72.8 Å². The molecule has 1 saturated heterocycles. The quantitative estimate of drug-likeness (QED) is 0.0867. The molecule has 4 aromatic carbocycles. The molecule has 4 aromatic rings. The van der Waals surface area contributed by atoms with Crippen molar-refractivity contribution in [1.82, 2.24) is 0 Å². The average molecular weight is 649 g/mol. The molecule has 0 aromatic heterocycles. The van der Waals surface area contributed by atoms with Crippen molar-refractivity contribution in [1.29, 1.82) is 0 Å². The molecule has 0 N–H and O–H groups in total. The van der Waals surface area contributed by atoms with Crippen LogP contribution in [0.5, 0.6) is 0 Å². The minimum absolute atomic E-state index is 0.0229. The topological polar surface area (TPSA) is 124 Å². The Morgan fingerprint density at radius 2 is 0.958 bits per heavy atom. The molecular weight excluding hydrogens is 616 g/mol. The van der Waals surface area contributed by atoms with Crippen LogP contribution in [0.25, 0.3) is 0 Å². The Morgan fingerprint density at radius 3 is 1.40 bits per heavy atom. The van der Waals surface area contributed by atoms with Gasteiger partial charge >= 0.3 is 23.9 Å². The SMILES string of the molecule is C#CCCO[C@@H]1OC(COC(=O)c2ccccc2)[C@H](OC(=O)c2ccccc2)C(OC(=O)c2ccccc2)C1OC(=O)c1ccccc1. The first-order chi connectivity index (χ1) is 23.4. The van der Waals surface area contributed by atoms with Crippen LogP contribution in [-0.2, 0) is 28.4 Å². The number of hydrogen-bond donors (Lipinski definition) is 0. The Bertz CT molecular complexity index is 1700. The van der Waals surface area contributed by atoms with Crippen molar-refractivity contribution in [3.05, 3.63) is 144 Å². The summed E-state index contributed by atoms with van der Waals surface area (Å²) in [5, 5.41) is 0. The van der Waals surface area contributed by atoms with Gasteiger partial charge in [-0.25, -0.2) is 19.2 Å². The minimum atomic E-state index is -1.50. The summed E-state index contributed by atoms with van der Waals surface area (Å²) in [5.74, 6) is -0.577. The van der Waals surface area contributed by atoms with Crippen LogP contribution < -0.4 is 0 Å². The minimum Gasteiger partial charge on any atom is -0.459 e. The van der Waals surface area contributed by atoms with E-state index < -0.39 is 61.2 Å². The summed E-state index contributed by atoms with van der Waals surface area (Å²) in [5.41, 5.74) is 0.845. The number of hydrogen-bond acceptors (Lipinski definition) is 10. The lowest BCUT2D eigenvalue weighted by Gasteiger charge is -2.44. The van der Waals surface area contributed by atoms with Crippen LogP contribution in [0.2, 0.25) is 0 Å². The van der Waals surface area contributed by atoms with Crippen molar-refractivity contribution < 1.29 is 47.6 Å². The molecule has 244 valence electrons.